The van der Waals surface area contributed by atoms with Crippen molar-refractivity contribution in [2.24, 2.45) is 16.3 Å². The molecule has 0 unspecified atom stereocenters. The fourth-order valence-electron chi connectivity index (χ4n) is 6.93. The number of allylic oxidation sites excluding steroid dienone is 5. The van der Waals surface area contributed by atoms with Crippen molar-refractivity contribution in [2.45, 2.75) is 103 Å². The molecule has 2 aliphatic rings. The van der Waals surface area contributed by atoms with E-state index in [0.29, 0.717) is 30.5 Å². The van der Waals surface area contributed by atoms with E-state index in [2.05, 4.69) is 65.1 Å². The molecule has 0 spiro atoms. The number of alkyl halides is 3. The van der Waals surface area contributed by atoms with Crippen LogP contribution in [0, 0.1) is 25.2 Å². The summed E-state index contributed by atoms with van der Waals surface area (Å²) in [7, 11) is -4.38. The van der Waals surface area contributed by atoms with Crippen molar-refractivity contribution in [3.05, 3.63) is 101 Å². The van der Waals surface area contributed by atoms with Gasteiger partial charge in [0.05, 0.1) is 21.8 Å². The Morgan fingerprint density at radius 2 is 1.70 bits per heavy atom. The van der Waals surface area contributed by atoms with Crippen LogP contribution in [0.15, 0.2) is 94.0 Å². The summed E-state index contributed by atoms with van der Waals surface area (Å²) in [6.45, 7) is 11.8. The molecule has 10 nitrogen and oxygen atoms in total. The van der Waals surface area contributed by atoms with Crippen LogP contribution < -0.4 is 14.8 Å². The molecular formula is C42H50F3N5O5S. The van der Waals surface area contributed by atoms with Crippen LogP contribution in [-0.4, -0.2) is 60.0 Å². The topological polar surface area (TPSA) is 143 Å². The summed E-state index contributed by atoms with van der Waals surface area (Å²) >= 11 is 0. The Hall–Kier alpha value is -4.82. The standard InChI is InChI=1S/C42H50F3N5O5S/c1-26-12-9-13-27(2)38(26)35-23-37(49-40(48-35)50-56(53,54)32-17-10-15-30(22-32)39(51)52)55-25-36-31(24-42(43,44)45)16-11-19-34(47-36)33-18-8-7-14-29(28(3)46-33)20-21-41(4,5)6/h9-10,12-15,17-18,20-23,31,34,36,47H,7-8,11,16,19,24-25H2,1-6H3,(H,51,52)(H,48,49,50)/b21-20?,29-14-,33-18-,46-28+/t31-,34-,36-/m0/s1. The molecule has 3 heterocycles. The summed E-state index contributed by atoms with van der Waals surface area (Å²) < 4.78 is 77.6. The van der Waals surface area contributed by atoms with E-state index in [1.54, 1.807) is 0 Å². The average Bonchev–Trinajstić information content (AvgIpc) is 3.29. The molecule has 0 aliphatic carbocycles. The average molecular weight is 794 g/mol. The van der Waals surface area contributed by atoms with Crippen molar-refractivity contribution < 1.29 is 36.2 Å². The third-order valence-corrected chi connectivity index (χ3v) is 11.1. The monoisotopic (exact) mass is 793 g/mol. The zero-order valence-electron chi connectivity index (χ0n) is 32.6. The SMILES string of the molecule is CC1=N\C([C@@H]2CCC[C@@H](CC(F)(F)F)[C@H](COc3cc(-c4c(C)cccc4C)nc(NS(=O)(=O)c4cccc(C(=O)O)c4)n3)N2)=C/CC/C=C\1C=CC(C)(C)C. The Kier molecular flexibility index (Phi) is 13.3. The van der Waals surface area contributed by atoms with Crippen molar-refractivity contribution >= 4 is 27.7 Å². The van der Waals surface area contributed by atoms with Crippen molar-refractivity contribution in [1.29, 1.82) is 0 Å². The number of rotatable bonds is 11. The van der Waals surface area contributed by atoms with Crippen molar-refractivity contribution in [1.82, 2.24) is 15.3 Å². The first-order valence-corrected chi connectivity index (χ1v) is 20.2. The highest BCUT2D eigenvalue weighted by Gasteiger charge is 2.38. The second-order valence-electron chi connectivity index (χ2n) is 15.5. The number of halogens is 3. The molecule has 3 N–H and O–H groups in total. The molecule has 0 radical (unpaired) electrons. The van der Waals surface area contributed by atoms with Gasteiger partial charge >= 0.3 is 12.1 Å². The van der Waals surface area contributed by atoms with Crippen LogP contribution >= 0.6 is 0 Å². The van der Waals surface area contributed by atoms with E-state index in [0.717, 1.165) is 47.0 Å². The van der Waals surface area contributed by atoms with Gasteiger partial charge in [0.15, 0.2) is 0 Å². The van der Waals surface area contributed by atoms with Crippen molar-refractivity contribution in [3.8, 4) is 17.1 Å². The lowest BCUT2D eigenvalue weighted by Crippen LogP contribution is -2.46. The number of nitrogens with one attached hydrogen (secondary N) is 2. The number of anilines is 1. The Bertz CT molecular complexity index is 2140. The van der Waals surface area contributed by atoms with Gasteiger partial charge in [-0.1, -0.05) is 75.8 Å². The second-order valence-corrected chi connectivity index (χ2v) is 17.2. The summed E-state index contributed by atoms with van der Waals surface area (Å²) in [4.78, 5) is 25.1. The number of ether oxygens (including phenoxy) is 1. The molecule has 0 saturated carbocycles. The van der Waals surface area contributed by atoms with Crippen molar-refractivity contribution in [3.63, 3.8) is 0 Å². The molecule has 1 saturated heterocycles. The second kappa shape index (κ2) is 17.5. The van der Waals surface area contributed by atoms with Gasteiger partial charge in [-0.05, 0) is 92.7 Å². The van der Waals surface area contributed by atoms with Crippen LogP contribution in [0.2, 0.25) is 0 Å². The summed E-state index contributed by atoms with van der Waals surface area (Å²) in [5, 5.41) is 12.9. The van der Waals surface area contributed by atoms with Gasteiger partial charge in [-0.2, -0.15) is 18.2 Å². The Morgan fingerprint density at radius 3 is 2.38 bits per heavy atom. The van der Waals surface area contributed by atoms with Gasteiger partial charge in [0, 0.05) is 35.8 Å². The molecule has 2 aromatic carbocycles. The van der Waals surface area contributed by atoms with Crippen LogP contribution in [-0.2, 0) is 10.0 Å². The number of hydrogen-bond acceptors (Lipinski definition) is 8. The van der Waals surface area contributed by atoms with Gasteiger partial charge in [0.2, 0.25) is 11.8 Å². The van der Waals surface area contributed by atoms with Gasteiger partial charge in [-0.15, -0.1) is 0 Å². The van der Waals surface area contributed by atoms with Gasteiger partial charge < -0.3 is 15.2 Å². The Morgan fingerprint density at radius 1 is 1.00 bits per heavy atom. The van der Waals surface area contributed by atoms with Gasteiger partial charge in [0.25, 0.3) is 10.0 Å². The predicted octanol–water partition coefficient (Wildman–Crippen LogP) is 9.38. The lowest BCUT2D eigenvalue weighted by atomic mass is 9.92. The molecule has 5 rings (SSSR count). The number of aliphatic imine (C=N–C) groups is 1. The fourth-order valence-corrected chi connectivity index (χ4v) is 7.92. The number of aryl methyl sites for hydroxylation is 2. The zero-order chi connectivity index (χ0) is 40.8. The first kappa shape index (κ1) is 42.3. The number of aromatic nitrogens is 2. The molecule has 1 aromatic heterocycles. The van der Waals surface area contributed by atoms with Gasteiger partial charge in [-0.25, -0.2) is 22.9 Å². The number of hydrogen-bond donors (Lipinski definition) is 3. The summed E-state index contributed by atoms with van der Waals surface area (Å²) in [5.41, 5.74) is 5.07. The lowest BCUT2D eigenvalue weighted by molar-refractivity contribution is -0.147. The summed E-state index contributed by atoms with van der Waals surface area (Å²) in [6, 6.07) is 10.9. The number of carboxylic acids is 1. The molecular weight excluding hydrogens is 744 g/mol. The third-order valence-electron chi connectivity index (χ3n) is 9.73. The molecule has 56 heavy (non-hydrogen) atoms. The van der Waals surface area contributed by atoms with E-state index in [4.69, 9.17) is 9.73 Å². The van der Waals surface area contributed by atoms with E-state index >= 15 is 0 Å². The first-order chi connectivity index (χ1) is 26.3. The predicted molar refractivity (Wildman–Crippen MR) is 212 cm³/mol. The maximum atomic E-state index is 14.0. The van der Waals surface area contributed by atoms with E-state index in [1.165, 1.54) is 24.3 Å². The number of carbonyl (C=O) groups is 1. The molecule has 3 aromatic rings. The Balaban J connectivity index is 1.48. The maximum Gasteiger partial charge on any atom is 0.389 e. The van der Waals surface area contributed by atoms with Crippen LogP contribution in [0.5, 0.6) is 5.88 Å². The molecule has 1 fully saturated rings. The fraction of sp³-hybridized carbons (Fsp3) is 0.429. The van der Waals surface area contributed by atoms with E-state index in [9.17, 15) is 31.5 Å². The minimum Gasteiger partial charge on any atom is -0.478 e. The first-order valence-electron chi connectivity index (χ1n) is 18.7. The van der Waals surface area contributed by atoms with Gasteiger partial charge in [0.1, 0.15) is 6.61 Å². The van der Waals surface area contributed by atoms with Crippen LogP contribution in [0.1, 0.15) is 87.7 Å². The third kappa shape index (κ3) is 11.6. The van der Waals surface area contributed by atoms with E-state index in [1.807, 2.05) is 39.0 Å². The number of aromatic carboxylic acids is 1. The normalized spacial score (nSPS) is 22.7. The van der Waals surface area contributed by atoms with Crippen LogP contribution in [0.4, 0.5) is 19.1 Å². The lowest BCUT2D eigenvalue weighted by Gasteiger charge is -2.29. The summed E-state index contributed by atoms with van der Waals surface area (Å²) in [6.07, 6.45) is 5.96. The van der Waals surface area contributed by atoms with Gasteiger partial charge in [-0.3, -0.25) is 4.99 Å². The number of carboxylic acid groups (broad SMARTS) is 1. The Labute approximate surface area is 327 Å². The number of nitrogens with zero attached hydrogens (tertiary/aromatic N) is 3. The van der Waals surface area contributed by atoms with Crippen LogP contribution in [0.3, 0.4) is 0 Å². The largest absolute Gasteiger partial charge is 0.478 e. The molecule has 0 bridgehead atoms. The van der Waals surface area contributed by atoms with Crippen LogP contribution in [0.25, 0.3) is 11.3 Å². The summed E-state index contributed by atoms with van der Waals surface area (Å²) in [5.74, 6) is -2.52. The number of benzene rings is 2. The molecule has 0 amide bonds. The van der Waals surface area contributed by atoms with E-state index in [-0.39, 0.29) is 40.4 Å². The number of sulfonamides is 1. The van der Waals surface area contributed by atoms with E-state index < -0.39 is 40.5 Å². The highest BCUT2D eigenvalue weighted by Crippen LogP contribution is 2.35. The highest BCUT2D eigenvalue weighted by atomic mass is 32.2. The maximum absolute atomic E-state index is 14.0. The molecule has 14 heteroatoms. The van der Waals surface area contributed by atoms with Crippen molar-refractivity contribution in [2.75, 3.05) is 11.3 Å². The smallest absolute Gasteiger partial charge is 0.389 e. The molecule has 2 aliphatic heterocycles. The minimum atomic E-state index is -4.41. The molecule has 3 atom stereocenters. The quantitative estimate of drug-likeness (QED) is 0.174. The molecule has 300 valence electrons. The highest BCUT2D eigenvalue weighted by molar-refractivity contribution is 7.92. The zero-order valence-corrected chi connectivity index (χ0v) is 33.4. The minimum absolute atomic E-state index is 0.0199.